The highest BCUT2D eigenvalue weighted by Crippen LogP contribution is 2.16. The van der Waals surface area contributed by atoms with Gasteiger partial charge in [0.05, 0.1) is 18.9 Å². The van der Waals surface area contributed by atoms with Crippen LogP contribution in [0, 0.1) is 0 Å². The van der Waals surface area contributed by atoms with Crippen LogP contribution in [0.3, 0.4) is 0 Å². The van der Waals surface area contributed by atoms with E-state index in [2.05, 4.69) is 34.0 Å². The SMILES string of the molecule is CC(C)n1cnnc1CN(C)c1cncc(C(=O)N2CCCC2)n1. The Morgan fingerprint density at radius 2 is 2.04 bits per heavy atom. The Kier molecular flexibility index (Phi) is 4.73. The van der Waals surface area contributed by atoms with Crippen LogP contribution in [0.25, 0.3) is 0 Å². The molecule has 8 nitrogen and oxygen atoms in total. The molecule has 3 heterocycles. The third kappa shape index (κ3) is 3.37. The van der Waals surface area contributed by atoms with E-state index in [1.54, 1.807) is 12.5 Å². The summed E-state index contributed by atoms with van der Waals surface area (Å²) in [6, 6.07) is 0.289. The molecule has 3 rings (SSSR count). The van der Waals surface area contributed by atoms with Crippen molar-refractivity contribution in [3.63, 3.8) is 0 Å². The second-order valence-electron chi connectivity index (χ2n) is 6.37. The van der Waals surface area contributed by atoms with E-state index in [1.165, 1.54) is 6.20 Å². The number of aromatic nitrogens is 5. The standard InChI is InChI=1S/C16H23N7O/c1-12(2)23-11-18-20-15(23)10-21(3)14-9-17-8-13(19-14)16(24)22-6-4-5-7-22/h8-9,11-12H,4-7,10H2,1-3H3. The summed E-state index contributed by atoms with van der Waals surface area (Å²) in [6.45, 7) is 6.33. The zero-order chi connectivity index (χ0) is 17.1. The van der Waals surface area contributed by atoms with Crippen molar-refractivity contribution in [1.82, 2.24) is 29.6 Å². The summed E-state index contributed by atoms with van der Waals surface area (Å²) in [6.07, 6.45) is 7.05. The topological polar surface area (TPSA) is 80.0 Å². The van der Waals surface area contributed by atoms with E-state index in [0.717, 1.165) is 31.8 Å². The molecule has 1 saturated heterocycles. The van der Waals surface area contributed by atoms with E-state index in [1.807, 2.05) is 21.4 Å². The van der Waals surface area contributed by atoms with Gasteiger partial charge in [0.25, 0.3) is 5.91 Å². The third-order valence-corrected chi connectivity index (χ3v) is 4.21. The average molecular weight is 329 g/mol. The van der Waals surface area contributed by atoms with Gasteiger partial charge in [0.1, 0.15) is 17.8 Å². The van der Waals surface area contributed by atoms with Gasteiger partial charge in [-0.25, -0.2) is 4.98 Å². The summed E-state index contributed by atoms with van der Waals surface area (Å²) in [4.78, 5) is 24.9. The number of carbonyl (C=O) groups is 1. The van der Waals surface area contributed by atoms with Crippen LogP contribution >= 0.6 is 0 Å². The van der Waals surface area contributed by atoms with Crippen LogP contribution < -0.4 is 4.90 Å². The van der Waals surface area contributed by atoms with E-state index in [0.29, 0.717) is 18.1 Å². The van der Waals surface area contributed by atoms with Gasteiger partial charge in [0.15, 0.2) is 5.82 Å². The summed E-state index contributed by atoms with van der Waals surface area (Å²) >= 11 is 0. The maximum Gasteiger partial charge on any atom is 0.274 e. The smallest absolute Gasteiger partial charge is 0.274 e. The van der Waals surface area contributed by atoms with Crippen LogP contribution in [0.4, 0.5) is 5.82 Å². The number of anilines is 1. The first-order chi connectivity index (χ1) is 11.6. The molecule has 0 bridgehead atoms. The predicted octanol–water partition coefficient (Wildman–Crippen LogP) is 1.52. The Morgan fingerprint density at radius 3 is 2.75 bits per heavy atom. The monoisotopic (exact) mass is 329 g/mol. The van der Waals surface area contributed by atoms with Gasteiger partial charge >= 0.3 is 0 Å². The Labute approximate surface area is 141 Å². The van der Waals surface area contributed by atoms with Gasteiger partial charge < -0.3 is 14.4 Å². The predicted molar refractivity (Wildman–Crippen MR) is 89.7 cm³/mol. The number of carbonyl (C=O) groups excluding carboxylic acids is 1. The Morgan fingerprint density at radius 1 is 1.29 bits per heavy atom. The first kappa shape index (κ1) is 16.4. The molecule has 0 radical (unpaired) electrons. The average Bonchev–Trinajstić information content (AvgIpc) is 3.25. The van der Waals surface area contributed by atoms with E-state index in [4.69, 9.17) is 0 Å². The lowest BCUT2D eigenvalue weighted by molar-refractivity contribution is 0.0786. The van der Waals surface area contributed by atoms with Gasteiger partial charge in [-0.05, 0) is 26.7 Å². The van der Waals surface area contributed by atoms with Crippen molar-refractivity contribution < 1.29 is 4.79 Å². The molecule has 0 spiro atoms. The van der Waals surface area contributed by atoms with Crippen LogP contribution in [0.5, 0.6) is 0 Å². The van der Waals surface area contributed by atoms with Crippen molar-refractivity contribution >= 4 is 11.7 Å². The number of likely N-dealkylation sites (tertiary alicyclic amines) is 1. The van der Waals surface area contributed by atoms with Gasteiger partial charge in [-0.3, -0.25) is 9.78 Å². The second-order valence-corrected chi connectivity index (χ2v) is 6.37. The molecule has 0 saturated carbocycles. The van der Waals surface area contributed by atoms with Crippen LogP contribution in [0.15, 0.2) is 18.7 Å². The second kappa shape index (κ2) is 6.94. The fourth-order valence-electron chi connectivity index (χ4n) is 2.83. The minimum absolute atomic E-state index is 0.0411. The van der Waals surface area contributed by atoms with E-state index >= 15 is 0 Å². The Bertz CT molecular complexity index is 706. The van der Waals surface area contributed by atoms with Crippen molar-refractivity contribution in [2.75, 3.05) is 25.0 Å². The highest BCUT2D eigenvalue weighted by atomic mass is 16.2. The molecule has 2 aromatic rings. The van der Waals surface area contributed by atoms with Crippen molar-refractivity contribution in [2.24, 2.45) is 0 Å². The highest BCUT2D eigenvalue weighted by Gasteiger charge is 2.21. The molecule has 1 aliphatic heterocycles. The highest BCUT2D eigenvalue weighted by molar-refractivity contribution is 5.92. The van der Waals surface area contributed by atoms with Crippen LogP contribution in [-0.2, 0) is 6.54 Å². The normalized spacial score (nSPS) is 14.4. The number of hydrogen-bond donors (Lipinski definition) is 0. The minimum Gasteiger partial charge on any atom is -0.351 e. The van der Waals surface area contributed by atoms with Crippen molar-refractivity contribution in [2.45, 2.75) is 39.3 Å². The third-order valence-electron chi connectivity index (χ3n) is 4.21. The van der Waals surface area contributed by atoms with Crippen LogP contribution in [0.2, 0.25) is 0 Å². The molecular formula is C16H23N7O. The Hall–Kier alpha value is -2.51. The quantitative estimate of drug-likeness (QED) is 0.827. The van der Waals surface area contributed by atoms with E-state index in [-0.39, 0.29) is 11.9 Å². The van der Waals surface area contributed by atoms with Crippen molar-refractivity contribution in [3.05, 3.63) is 30.2 Å². The van der Waals surface area contributed by atoms with Gasteiger partial charge in [0, 0.05) is 26.2 Å². The molecule has 0 aromatic carbocycles. The number of rotatable bonds is 5. The van der Waals surface area contributed by atoms with Gasteiger partial charge in [-0.2, -0.15) is 0 Å². The van der Waals surface area contributed by atoms with Crippen LogP contribution in [-0.4, -0.2) is 55.7 Å². The lowest BCUT2D eigenvalue weighted by Crippen LogP contribution is -2.29. The van der Waals surface area contributed by atoms with Crippen molar-refractivity contribution in [1.29, 1.82) is 0 Å². The molecule has 128 valence electrons. The van der Waals surface area contributed by atoms with Gasteiger partial charge in [0.2, 0.25) is 0 Å². The van der Waals surface area contributed by atoms with Crippen LogP contribution in [0.1, 0.15) is 49.0 Å². The molecular weight excluding hydrogens is 306 g/mol. The molecule has 0 N–H and O–H groups in total. The molecule has 2 aromatic heterocycles. The number of hydrogen-bond acceptors (Lipinski definition) is 6. The summed E-state index contributed by atoms with van der Waals surface area (Å²) in [5.41, 5.74) is 0.395. The number of amides is 1. The molecule has 1 amide bonds. The van der Waals surface area contributed by atoms with E-state index < -0.39 is 0 Å². The molecule has 0 atom stereocenters. The molecule has 8 heteroatoms. The maximum absolute atomic E-state index is 12.5. The summed E-state index contributed by atoms with van der Waals surface area (Å²) < 4.78 is 2.02. The lowest BCUT2D eigenvalue weighted by atomic mass is 10.3. The molecule has 24 heavy (non-hydrogen) atoms. The fourth-order valence-corrected chi connectivity index (χ4v) is 2.83. The molecule has 0 aliphatic carbocycles. The largest absolute Gasteiger partial charge is 0.351 e. The molecule has 1 aliphatic rings. The zero-order valence-corrected chi connectivity index (χ0v) is 14.4. The summed E-state index contributed by atoms with van der Waals surface area (Å²) in [5.74, 6) is 1.46. The maximum atomic E-state index is 12.5. The first-order valence-electron chi connectivity index (χ1n) is 8.27. The zero-order valence-electron chi connectivity index (χ0n) is 14.4. The number of nitrogens with zero attached hydrogens (tertiary/aromatic N) is 7. The van der Waals surface area contributed by atoms with Gasteiger partial charge in [-0.15, -0.1) is 10.2 Å². The lowest BCUT2D eigenvalue weighted by Gasteiger charge is -2.20. The molecule has 1 fully saturated rings. The van der Waals surface area contributed by atoms with Gasteiger partial charge in [-0.1, -0.05) is 0 Å². The van der Waals surface area contributed by atoms with Crippen molar-refractivity contribution in [3.8, 4) is 0 Å². The Balaban J connectivity index is 1.75. The van der Waals surface area contributed by atoms with E-state index in [9.17, 15) is 4.79 Å². The molecule has 0 unspecified atom stereocenters. The fraction of sp³-hybridized carbons (Fsp3) is 0.562. The summed E-state index contributed by atoms with van der Waals surface area (Å²) in [7, 11) is 1.91. The summed E-state index contributed by atoms with van der Waals surface area (Å²) in [5, 5.41) is 8.15. The minimum atomic E-state index is -0.0411. The first-order valence-corrected chi connectivity index (χ1v) is 8.27.